The monoisotopic (exact) mass is 323 g/mol. The number of rotatable bonds is 7. The van der Waals surface area contributed by atoms with Gasteiger partial charge in [-0.05, 0) is 26.3 Å². The van der Waals surface area contributed by atoms with E-state index in [0.29, 0.717) is 11.8 Å². The molecule has 0 aromatic carbocycles. The van der Waals surface area contributed by atoms with Gasteiger partial charge in [-0.2, -0.15) is 0 Å². The second kappa shape index (κ2) is 7.49. The number of unbranched alkanes of at least 4 members (excludes halogenated alkanes) is 1. The van der Waals surface area contributed by atoms with Crippen molar-refractivity contribution in [2.75, 3.05) is 6.61 Å². The smallest absolute Gasteiger partial charge is 0.319 e. The maximum Gasteiger partial charge on any atom is 0.319 e. The number of aryl methyl sites for hydroxylation is 1. The Labute approximate surface area is 134 Å². The third kappa shape index (κ3) is 3.71. The van der Waals surface area contributed by atoms with Crippen molar-refractivity contribution in [1.29, 1.82) is 0 Å². The minimum absolute atomic E-state index is 0.220. The van der Waals surface area contributed by atoms with Crippen molar-refractivity contribution in [1.82, 2.24) is 14.8 Å². The molecule has 0 aliphatic carbocycles. The van der Waals surface area contributed by atoms with Gasteiger partial charge in [0.15, 0.2) is 11.0 Å². The van der Waals surface area contributed by atoms with Crippen LogP contribution in [0.2, 0.25) is 0 Å². The van der Waals surface area contributed by atoms with Gasteiger partial charge in [0.2, 0.25) is 0 Å². The highest BCUT2D eigenvalue weighted by atomic mass is 32.2. The zero-order chi connectivity index (χ0) is 16.1. The van der Waals surface area contributed by atoms with Crippen LogP contribution >= 0.6 is 11.8 Å². The summed E-state index contributed by atoms with van der Waals surface area (Å²) in [7, 11) is 1.87. The van der Waals surface area contributed by atoms with Crippen molar-refractivity contribution in [2.24, 2.45) is 7.05 Å². The Morgan fingerprint density at radius 1 is 1.50 bits per heavy atom. The summed E-state index contributed by atoms with van der Waals surface area (Å²) >= 11 is 1.34. The molecule has 1 unspecified atom stereocenters. The second-order valence-electron chi connectivity index (χ2n) is 5.04. The van der Waals surface area contributed by atoms with Crippen LogP contribution in [0.5, 0.6) is 0 Å². The first-order chi connectivity index (χ1) is 10.5. The van der Waals surface area contributed by atoms with Gasteiger partial charge in [-0.15, -0.1) is 10.2 Å². The second-order valence-corrected chi connectivity index (χ2v) is 6.34. The molecule has 6 nitrogen and oxygen atoms in total. The van der Waals surface area contributed by atoms with E-state index >= 15 is 0 Å². The van der Waals surface area contributed by atoms with E-state index in [9.17, 15) is 4.79 Å². The topological polar surface area (TPSA) is 70.2 Å². The Kier molecular flexibility index (Phi) is 5.65. The summed E-state index contributed by atoms with van der Waals surface area (Å²) in [5.41, 5.74) is 0.903. The first-order valence-electron chi connectivity index (χ1n) is 7.31. The lowest BCUT2D eigenvalue weighted by Crippen LogP contribution is -2.18. The number of hydrogen-bond acceptors (Lipinski definition) is 6. The van der Waals surface area contributed by atoms with Gasteiger partial charge in [-0.25, -0.2) is 0 Å². The van der Waals surface area contributed by atoms with Gasteiger partial charge in [0.25, 0.3) is 0 Å². The minimum atomic E-state index is -0.321. The van der Waals surface area contributed by atoms with Crippen molar-refractivity contribution in [3.05, 3.63) is 18.1 Å². The van der Waals surface area contributed by atoms with Gasteiger partial charge in [0.05, 0.1) is 18.4 Å². The first kappa shape index (κ1) is 16.6. The number of carbonyl (C=O) groups excluding carboxylic acids is 1. The molecule has 0 amide bonds. The summed E-state index contributed by atoms with van der Waals surface area (Å²) in [6.45, 7) is 6.23. The van der Waals surface area contributed by atoms with Gasteiger partial charge >= 0.3 is 5.97 Å². The number of thioether (sulfide) groups is 1. The Morgan fingerprint density at radius 2 is 2.27 bits per heavy atom. The van der Waals surface area contributed by atoms with E-state index in [4.69, 9.17) is 9.15 Å². The van der Waals surface area contributed by atoms with Crippen LogP contribution in [0.1, 0.15) is 32.4 Å². The highest BCUT2D eigenvalue weighted by Crippen LogP contribution is 2.28. The molecule has 0 saturated carbocycles. The van der Waals surface area contributed by atoms with Crippen LogP contribution in [0.4, 0.5) is 0 Å². The van der Waals surface area contributed by atoms with Gasteiger partial charge in [-0.1, -0.05) is 25.1 Å². The fraction of sp³-hybridized carbons (Fsp3) is 0.533. The normalized spacial score (nSPS) is 12.4. The standard InChI is InChI=1S/C15H21N3O3S/c1-5-6-8-21-14(19)11(3)22-15-17-16-13(18(15)4)12-7-9-20-10(12)2/h7,9,11H,5-6,8H2,1-4H3. The van der Waals surface area contributed by atoms with E-state index in [2.05, 4.69) is 17.1 Å². The predicted molar refractivity (Wildman–Crippen MR) is 84.6 cm³/mol. The fourth-order valence-electron chi connectivity index (χ4n) is 1.91. The summed E-state index contributed by atoms with van der Waals surface area (Å²) in [4.78, 5) is 11.9. The zero-order valence-electron chi connectivity index (χ0n) is 13.3. The summed E-state index contributed by atoms with van der Waals surface area (Å²) in [5, 5.41) is 8.70. The van der Waals surface area contributed by atoms with Crippen LogP contribution in [0, 0.1) is 6.92 Å². The molecule has 0 saturated heterocycles. The number of ether oxygens (including phenoxy) is 1. The number of carbonyl (C=O) groups is 1. The molecule has 2 heterocycles. The molecule has 0 bridgehead atoms. The molecular weight excluding hydrogens is 302 g/mol. The average Bonchev–Trinajstić information content (AvgIpc) is 3.06. The number of esters is 1. The van der Waals surface area contributed by atoms with Crippen LogP contribution in [-0.4, -0.2) is 32.6 Å². The molecule has 2 rings (SSSR count). The Hall–Kier alpha value is -1.76. The lowest BCUT2D eigenvalue weighted by atomic mass is 10.2. The van der Waals surface area contributed by atoms with Crippen LogP contribution in [0.15, 0.2) is 21.9 Å². The van der Waals surface area contributed by atoms with E-state index < -0.39 is 0 Å². The number of hydrogen-bond donors (Lipinski definition) is 0. The average molecular weight is 323 g/mol. The molecule has 0 N–H and O–H groups in total. The van der Waals surface area contributed by atoms with Crippen LogP contribution < -0.4 is 0 Å². The predicted octanol–water partition coefficient (Wildman–Crippen LogP) is 3.21. The molecule has 2 aromatic heterocycles. The largest absolute Gasteiger partial charge is 0.469 e. The minimum Gasteiger partial charge on any atom is -0.469 e. The molecule has 0 fully saturated rings. The number of nitrogens with zero attached hydrogens (tertiary/aromatic N) is 3. The number of aromatic nitrogens is 3. The van der Waals surface area contributed by atoms with Crippen molar-refractivity contribution in [2.45, 2.75) is 44.0 Å². The van der Waals surface area contributed by atoms with Crippen LogP contribution in [0.25, 0.3) is 11.4 Å². The van der Waals surface area contributed by atoms with Gasteiger partial charge in [-0.3, -0.25) is 4.79 Å². The third-order valence-corrected chi connectivity index (χ3v) is 4.40. The van der Waals surface area contributed by atoms with Crippen molar-refractivity contribution in [3.63, 3.8) is 0 Å². The van der Waals surface area contributed by atoms with Crippen molar-refractivity contribution >= 4 is 17.7 Å². The van der Waals surface area contributed by atoms with E-state index in [1.54, 1.807) is 6.26 Å². The molecular formula is C15H21N3O3S. The molecule has 7 heteroatoms. The van der Waals surface area contributed by atoms with E-state index in [1.807, 2.05) is 31.5 Å². The first-order valence-corrected chi connectivity index (χ1v) is 8.19. The Bertz CT molecular complexity index is 636. The molecule has 22 heavy (non-hydrogen) atoms. The summed E-state index contributed by atoms with van der Waals surface area (Å²) in [5.74, 6) is 1.29. The molecule has 1 atom stereocenters. The summed E-state index contributed by atoms with van der Waals surface area (Å²) in [6, 6.07) is 1.86. The van der Waals surface area contributed by atoms with Crippen LogP contribution in [0.3, 0.4) is 0 Å². The van der Waals surface area contributed by atoms with Gasteiger partial charge in [0, 0.05) is 7.05 Å². The van der Waals surface area contributed by atoms with Crippen LogP contribution in [-0.2, 0) is 16.6 Å². The van der Waals surface area contributed by atoms with E-state index in [0.717, 1.165) is 30.0 Å². The van der Waals surface area contributed by atoms with Gasteiger partial charge < -0.3 is 13.7 Å². The lowest BCUT2D eigenvalue weighted by Gasteiger charge is -2.10. The van der Waals surface area contributed by atoms with Crippen molar-refractivity contribution < 1.29 is 13.9 Å². The maximum atomic E-state index is 11.9. The fourth-order valence-corrected chi connectivity index (χ4v) is 2.72. The van der Waals surface area contributed by atoms with E-state index in [1.165, 1.54) is 11.8 Å². The summed E-state index contributed by atoms with van der Waals surface area (Å²) < 4.78 is 12.4. The van der Waals surface area contributed by atoms with Gasteiger partial charge in [0.1, 0.15) is 11.0 Å². The third-order valence-electron chi connectivity index (χ3n) is 3.29. The SMILES string of the molecule is CCCCOC(=O)C(C)Sc1nnc(-c2ccoc2C)n1C. The summed E-state index contributed by atoms with van der Waals surface area (Å²) in [6.07, 6.45) is 3.52. The quantitative estimate of drug-likeness (QED) is 0.443. The van der Waals surface area contributed by atoms with Crippen molar-refractivity contribution in [3.8, 4) is 11.4 Å². The molecule has 0 radical (unpaired) electrons. The zero-order valence-corrected chi connectivity index (χ0v) is 14.1. The molecule has 120 valence electrons. The molecule has 0 aliphatic rings. The molecule has 0 spiro atoms. The lowest BCUT2D eigenvalue weighted by molar-refractivity contribution is -0.142. The number of furan rings is 1. The molecule has 0 aliphatic heterocycles. The Morgan fingerprint density at radius 3 is 2.91 bits per heavy atom. The highest BCUT2D eigenvalue weighted by Gasteiger charge is 2.21. The Balaban J connectivity index is 2.03. The van der Waals surface area contributed by atoms with E-state index in [-0.39, 0.29) is 11.2 Å². The molecule has 2 aromatic rings. The maximum absolute atomic E-state index is 11.9. The highest BCUT2D eigenvalue weighted by molar-refractivity contribution is 8.00.